The number of aryl methyl sites for hydroxylation is 1. The van der Waals surface area contributed by atoms with Crippen LogP contribution in [0.15, 0.2) is 32.7 Å². The first kappa shape index (κ1) is 14.8. The van der Waals surface area contributed by atoms with E-state index in [1.165, 1.54) is 11.3 Å². The number of nitrogens with zero attached hydrogens (tertiary/aromatic N) is 2. The molecule has 0 aliphatic rings. The number of nitriles is 1. The third-order valence-corrected chi connectivity index (χ3v) is 4.90. The zero-order chi connectivity index (χ0) is 14.5. The number of thiophene rings is 1. The van der Waals surface area contributed by atoms with Crippen molar-refractivity contribution in [2.24, 2.45) is 0 Å². The van der Waals surface area contributed by atoms with E-state index in [2.05, 4.69) is 22.0 Å². The summed E-state index contributed by atoms with van der Waals surface area (Å²) < 4.78 is 6.23. The van der Waals surface area contributed by atoms with Crippen LogP contribution in [0.25, 0.3) is 0 Å². The zero-order valence-corrected chi connectivity index (χ0v) is 13.3. The Bertz CT molecular complexity index is 609. The van der Waals surface area contributed by atoms with Gasteiger partial charge in [-0.3, -0.25) is 4.79 Å². The average Bonchev–Trinajstić information content (AvgIpc) is 3.05. The second-order valence-corrected chi connectivity index (χ2v) is 6.65. The minimum atomic E-state index is -0.0737. The van der Waals surface area contributed by atoms with Gasteiger partial charge >= 0.3 is 0 Å². The summed E-state index contributed by atoms with van der Waals surface area (Å²) in [5.74, 6) is 0.638. The van der Waals surface area contributed by atoms with Gasteiger partial charge in [0.1, 0.15) is 5.76 Å². The van der Waals surface area contributed by atoms with E-state index in [1.54, 1.807) is 17.2 Å². The smallest absolute Gasteiger partial charge is 0.264 e. The molecule has 20 heavy (non-hydrogen) atoms. The molecule has 0 aliphatic heterocycles. The third kappa shape index (κ3) is 3.50. The average molecular weight is 353 g/mol. The van der Waals surface area contributed by atoms with Crippen LogP contribution in [0.2, 0.25) is 0 Å². The molecule has 0 unspecified atom stereocenters. The highest BCUT2D eigenvalue weighted by Gasteiger charge is 2.19. The highest BCUT2D eigenvalue weighted by Crippen LogP contribution is 2.28. The van der Waals surface area contributed by atoms with E-state index in [0.717, 1.165) is 9.35 Å². The molecule has 104 valence electrons. The number of carbonyl (C=O) groups excluding carboxylic acids is 1. The van der Waals surface area contributed by atoms with Crippen molar-refractivity contribution in [2.75, 3.05) is 6.54 Å². The first-order chi connectivity index (χ1) is 9.61. The number of carbonyl (C=O) groups is 1. The van der Waals surface area contributed by atoms with Crippen LogP contribution < -0.4 is 0 Å². The van der Waals surface area contributed by atoms with Crippen molar-refractivity contribution >= 4 is 33.2 Å². The molecule has 0 saturated heterocycles. The van der Waals surface area contributed by atoms with Crippen LogP contribution >= 0.6 is 27.3 Å². The monoisotopic (exact) mass is 352 g/mol. The fourth-order valence-electron chi connectivity index (χ4n) is 1.75. The molecular formula is C14H13BrN2O2S. The number of hydrogen-bond acceptors (Lipinski definition) is 4. The van der Waals surface area contributed by atoms with E-state index in [1.807, 2.05) is 19.1 Å². The molecular weight excluding hydrogens is 340 g/mol. The summed E-state index contributed by atoms with van der Waals surface area (Å²) in [7, 11) is 0. The Labute approximate surface area is 129 Å². The van der Waals surface area contributed by atoms with Crippen molar-refractivity contribution in [1.29, 1.82) is 5.26 Å². The molecule has 0 bridgehead atoms. The summed E-state index contributed by atoms with van der Waals surface area (Å²) >= 11 is 4.83. The van der Waals surface area contributed by atoms with Crippen LogP contribution in [0.3, 0.4) is 0 Å². The van der Waals surface area contributed by atoms with Gasteiger partial charge in [0.2, 0.25) is 0 Å². The maximum absolute atomic E-state index is 12.5. The Hall–Kier alpha value is -1.58. The van der Waals surface area contributed by atoms with Crippen molar-refractivity contribution in [3.63, 3.8) is 0 Å². The van der Waals surface area contributed by atoms with Crippen LogP contribution in [-0.4, -0.2) is 17.4 Å². The van der Waals surface area contributed by atoms with E-state index < -0.39 is 0 Å². The minimum absolute atomic E-state index is 0.0737. The zero-order valence-electron chi connectivity index (χ0n) is 10.9. The number of hydrogen-bond donors (Lipinski definition) is 0. The third-order valence-electron chi connectivity index (χ3n) is 2.78. The summed E-state index contributed by atoms with van der Waals surface area (Å²) in [5, 5.41) is 8.73. The number of rotatable bonds is 5. The summed E-state index contributed by atoms with van der Waals surface area (Å²) in [6, 6.07) is 7.54. The van der Waals surface area contributed by atoms with Crippen LogP contribution in [0.4, 0.5) is 0 Å². The van der Waals surface area contributed by atoms with Crippen LogP contribution in [0.5, 0.6) is 0 Å². The summed E-state index contributed by atoms with van der Waals surface area (Å²) in [6.45, 7) is 2.72. The largest absolute Gasteiger partial charge is 0.467 e. The molecule has 0 saturated carbocycles. The number of amides is 1. The summed E-state index contributed by atoms with van der Waals surface area (Å²) in [6.07, 6.45) is 1.88. The fourth-order valence-corrected chi connectivity index (χ4v) is 3.25. The van der Waals surface area contributed by atoms with Crippen molar-refractivity contribution in [2.45, 2.75) is 19.9 Å². The lowest BCUT2D eigenvalue weighted by Crippen LogP contribution is -2.30. The Kier molecular flexibility index (Phi) is 4.99. The Morgan fingerprint density at radius 1 is 1.60 bits per heavy atom. The lowest BCUT2D eigenvalue weighted by molar-refractivity contribution is 0.0740. The van der Waals surface area contributed by atoms with Gasteiger partial charge in [0.25, 0.3) is 5.91 Å². The second kappa shape index (κ2) is 6.73. The lowest BCUT2D eigenvalue weighted by Gasteiger charge is -2.19. The summed E-state index contributed by atoms with van der Waals surface area (Å²) in [5.41, 5.74) is 1.04. The van der Waals surface area contributed by atoms with Gasteiger partial charge in [-0.1, -0.05) is 0 Å². The molecule has 2 rings (SSSR count). The van der Waals surface area contributed by atoms with Crippen LogP contribution in [0.1, 0.15) is 27.4 Å². The molecule has 0 aromatic carbocycles. The molecule has 6 heteroatoms. The van der Waals surface area contributed by atoms with E-state index in [9.17, 15) is 4.79 Å². The van der Waals surface area contributed by atoms with Crippen molar-refractivity contribution < 1.29 is 9.21 Å². The number of halogens is 1. The van der Waals surface area contributed by atoms with E-state index >= 15 is 0 Å². The highest BCUT2D eigenvalue weighted by molar-refractivity contribution is 9.11. The fraction of sp³-hybridized carbons (Fsp3) is 0.286. The standard InChI is InChI=1S/C14H13BrN2O2S/c1-10-8-12(20-13(10)15)14(18)17(6-3-5-16)9-11-4-2-7-19-11/h2,4,7-8H,3,6,9H2,1H3. The second-order valence-electron chi connectivity index (χ2n) is 4.28. The topological polar surface area (TPSA) is 57.2 Å². The Morgan fingerprint density at radius 2 is 2.40 bits per heavy atom. The molecule has 0 spiro atoms. The molecule has 2 aromatic heterocycles. The molecule has 4 nitrogen and oxygen atoms in total. The van der Waals surface area contributed by atoms with E-state index in [4.69, 9.17) is 9.68 Å². The van der Waals surface area contributed by atoms with E-state index in [-0.39, 0.29) is 5.91 Å². The molecule has 0 N–H and O–H groups in total. The molecule has 2 heterocycles. The lowest BCUT2D eigenvalue weighted by atomic mass is 10.3. The first-order valence-electron chi connectivity index (χ1n) is 6.06. The maximum atomic E-state index is 12.5. The molecule has 0 atom stereocenters. The SMILES string of the molecule is Cc1cc(C(=O)N(CCC#N)Cc2ccco2)sc1Br. The van der Waals surface area contributed by atoms with Gasteiger partial charge < -0.3 is 9.32 Å². The van der Waals surface area contributed by atoms with Gasteiger partial charge in [-0.15, -0.1) is 11.3 Å². The van der Waals surface area contributed by atoms with Crippen LogP contribution in [0, 0.1) is 18.3 Å². The predicted molar refractivity (Wildman–Crippen MR) is 80.4 cm³/mol. The summed E-state index contributed by atoms with van der Waals surface area (Å²) in [4.78, 5) is 14.8. The molecule has 0 radical (unpaired) electrons. The number of furan rings is 1. The van der Waals surface area contributed by atoms with Gasteiger partial charge in [0.15, 0.2) is 0 Å². The Morgan fingerprint density at radius 3 is 2.95 bits per heavy atom. The Balaban J connectivity index is 2.17. The predicted octanol–water partition coefficient (Wildman–Crippen LogP) is 3.97. The maximum Gasteiger partial charge on any atom is 0.264 e. The van der Waals surface area contributed by atoms with Crippen molar-refractivity contribution in [1.82, 2.24) is 4.90 Å². The first-order valence-corrected chi connectivity index (χ1v) is 7.67. The highest BCUT2D eigenvalue weighted by atomic mass is 79.9. The van der Waals surface area contributed by atoms with Gasteiger partial charge in [-0.25, -0.2) is 0 Å². The quantitative estimate of drug-likeness (QED) is 0.817. The molecule has 2 aromatic rings. The van der Waals surface area contributed by atoms with Crippen molar-refractivity contribution in [3.05, 3.63) is 44.4 Å². The van der Waals surface area contributed by atoms with E-state index in [0.29, 0.717) is 30.1 Å². The van der Waals surface area contributed by atoms with Gasteiger partial charge in [0, 0.05) is 6.54 Å². The van der Waals surface area contributed by atoms with Crippen LogP contribution in [-0.2, 0) is 6.54 Å². The molecule has 0 aliphatic carbocycles. The van der Waals surface area contributed by atoms with Gasteiger partial charge in [-0.2, -0.15) is 5.26 Å². The minimum Gasteiger partial charge on any atom is -0.467 e. The normalized spacial score (nSPS) is 10.2. The molecule has 1 amide bonds. The van der Waals surface area contributed by atoms with Gasteiger partial charge in [0.05, 0.1) is 34.0 Å². The molecule has 0 fully saturated rings. The van der Waals surface area contributed by atoms with Crippen molar-refractivity contribution in [3.8, 4) is 6.07 Å². The van der Waals surface area contributed by atoms with Gasteiger partial charge in [-0.05, 0) is 46.6 Å².